The Morgan fingerprint density at radius 3 is 2.12 bits per heavy atom. The van der Waals surface area contributed by atoms with E-state index in [0.717, 1.165) is 12.1 Å². The molecular weight excluding hydrogens is 231 g/mol. The van der Waals surface area contributed by atoms with Gasteiger partial charge in [-0.05, 0) is 24.6 Å². The average Bonchev–Trinajstić information content (AvgIpc) is 2.24. The molecule has 0 spiro atoms. The minimum absolute atomic E-state index is 0.0782. The standard InChI is InChI=1S/C12H12F3NO/c1-8(17)7-11(16-2)9-3-5-10(6-4-9)12(13,14)15/h3-6H,7H2,1-2H3. The van der Waals surface area contributed by atoms with Gasteiger partial charge in [-0.2, -0.15) is 13.2 Å². The van der Waals surface area contributed by atoms with Gasteiger partial charge in [-0.25, -0.2) is 0 Å². The van der Waals surface area contributed by atoms with Crippen LogP contribution < -0.4 is 0 Å². The van der Waals surface area contributed by atoms with Crippen molar-refractivity contribution in [1.82, 2.24) is 0 Å². The second-order valence-corrected chi connectivity index (χ2v) is 3.62. The van der Waals surface area contributed by atoms with Gasteiger partial charge in [-0.1, -0.05) is 12.1 Å². The first-order chi connectivity index (χ1) is 7.84. The third-order valence-electron chi connectivity index (χ3n) is 2.23. The number of ketones is 1. The molecule has 0 heterocycles. The van der Waals surface area contributed by atoms with Crippen LogP contribution >= 0.6 is 0 Å². The SMILES string of the molecule is CN=C(CC(C)=O)c1ccc(C(F)(F)F)cc1. The van der Waals surface area contributed by atoms with Gasteiger partial charge in [0, 0.05) is 19.2 Å². The van der Waals surface area contributed by atoms with Crippen LogP contribution in [-0.2, 0) is 11.0 Å². The molecule has 0 N–H and O–H groups in total. The Balaban J connectivity index is 2.98. The van der Waals surface area contributed by atoms with Gasteiger partial charge in [0.1, 0.15) is 5.78 Å². The molecule has 1 aromatic carbocycles. The summed E-state index contributed by atoms with van der Waals surface area (Å²) in [7, 11) is 1.51. The van der Waals surface area contributed by atoms with Crippen LogP contribution in [0, 0.1) is 0 Å². The van der Waals surface area contributed by atoms with Crippen LogP contribution in [-0.4, -0.2) is 18.5 Å². The van der Waals surface area contributed by atoms with Gasteiger partial charge >= 0.3 is 6.18 Å². The Morgan fingerprint density at radius 1 is 1.24 bits per heavy atom. The maximum Gasteiger partial charge on any atom is 0.416 e. The second-order valence-electron chi connectivity index (χ2n) is 3.62. The summed E-state index contributed by atoms with van der Waals surface area (Å²) in [6, 6.07) is 4.63. The molecule has 1 aromatic rings. The van der Waals surface area contributed by atoms with Crippen molar-refractivity contribution >= 4 is 11.5 Å². The van der Waals surface area contributed by atoms with E-state index in [1.165, 1.54) is 26.1 Å². The molecule has 0 bridgehead atoms. The fourth-order valence-corrected chi connectivity index (χ4v) is 1.40. The predicted octanol–water partition coefficient (Wildman–Crippen LogP) is 3.10. The summed E-state index contributed by atoms with van der Waals surface area (Å²) in [5, 5.41) is 0. The van der Waals surface area contributed by atoms with E-state index in [0.29, 0.717) is 11.3 Å². The highest BCUT2D eigenvalue weighted by Gasteiger charge is 2.30. The highest BCUT2D eigenvalue weighted by molar-refractivity contribution is 6.10. The minimum atomic E-state index is -4.34. The maximum atomic E-state index is 12.3. The van der Waals surface area contributed by atoms with Crippen LogP contribution in [0.2, 0.25) is 0 Å². The second kappa shape index (κ2) is 5.12. The zero-order valence-corrected chi connectivity index (χ0v) is 9.51. The summed E-state index contributed by atoms with van der Waals surface area (Å²) in [5.74, 6) is -0.0782. The first kappa shape index (κ1) is 13.4. The molecule has 0 aromatic heterocycles. The molecule has 0 unspecified atom stereocenters. The maximum absolute atomic E-state index is 12.3. The molecule has 0 amide bonds. The molecule has 0 radical (unpaired) electrons. The Labute approximate surface area is 97.2 Å². The normalized spacial score (nSPS) is 12.6. The Kier molecular flexibility index (Phi) is 4.04. The Bertz CT molecular complexity index is 432. The molecule has 5 heteroatoms. The molecule has 0 saturated heterocycles. The Hall–Kier alpha value is -1.65. The van der Waals surface area contributed by atoms with Crippen LogP contribution in [0.1, 0.15) is 24.5 Å². The van der Waals surface area contributed by atoms with Crippen molar-refractivity contribution in [3.05, 3.63) is 35.4 Å². The van der Waals surface area contributed by atoms with Crippen molar-refractivity contribution in [1.29, 1.82) is 0 Å². The van der Waals surface area contributed by atoms with Gasteiger partial charge < -0.3 is 0 Å². The van der Waals surface area contributed by atoms with Gasteiger partial charge in [-0.3, -0.25) is 9.79 Å². The van der Waals surface area contributed by atoms with Gasteiger partial charge in [0.05, 0.1) is 5.56 Å². The van der Waals surface area contributed by atoms with Crippen molar-refractivity contribution in [2.45, 2.75) is 19.5 Å². The minimum Gasteiger partial charge on any atom is -0.300 e. The molecule has 1 rings (SSSR count). The fraction of sp³-hybridized carbons (Fsp3) is 0.333. The molecule has 0 aliphatic heterocycles. The Morgan fingerprint density at radius 2 is 1.76 bits per heavy atom. The monoisotopic (exact) mass is 243 g/mol. The molecule has 0 saturated carbocycles. The number of halogens is 3. The summed E-state index contributed by atoms with van der Waals surface area (Å²) in [6.07, 6.45) is -4.22. The van der Waals surface area contributed by atoms with E-state index >= 15 is 0 Å². The summed E-state index contributed by atoms with van der Waals surface area (Å²) in [6.45, 7) is 1.41. The number of alkyl halides is 3. The smallest absolute Gasteiger partial charge is 0.300 e. The quantitative estimate of drug-likeness (QED) is 0.750. The molecule has 0 atom stereocenters. The van der Waals surface area contributed by atoms with Crippen molar-refractivity contribution in [3.63, 3.8) is 0 Å². The van der Waals surface area contributed by atoms with E-state index in [9.17, 15) is 18.0 Å². The van der Waals surface area contributed by atoms with Crippen LogP contribution in [0.5, 0.6) is 0 Å². The largest absolute Gasteiger partial charge is 0.416 e. The van der Waals surface area contributed by atoms with Crippen molar-refractivity contribution < 1.29 is 18.0 Å². The van der Waals surface area contributed by atoms with Crippen LogP contribution in [0.15, 0.2) is 29.3 Å². The van der Waals surface area contributed by atoms with E-state index in [2.05, 4.69) is 4.99 Å². The van der Waals surface area contributed by atoms with E-state index in [1.54, 1.807) is 0 Å². The zero-order valence-electron chi connectivity index (χ0n) is 9.51. The van der Waals surface area contributed by atoms with Gasteiger partial charge in [0.15, 0.2) is 0 Å². The van der Waals surface area contributed by atoms with E-state index in [1.807, 2.05) is 0 Å². The molecular formula is C12H12F3NO. The topological polar surface area (TPSA) is 29.4 Å². The number of hydrogen-bond donors (Lipinski definition) is 0. The third kappa shape index (κ3) is 3.69. The van der Waals surface area contributed by atoms with E-state index < -0.39 is 11.7 Å². The summed E-state index contributed by atoms with van der Waals surface area (Å²) < 4.78 is 37.0. The lowest BCUT2D eigenvalue weighted by molar-refractivity contribution is -0.137. The summed E-state index contributed by atoms with van der Waals surface area (Å²) in [5.41, 5.74) is 0.321. The van der Waals surface area contributed by atoms with Gasteiger partial charge in [0.25, 0.3) is 0 Å². The van der Waals surface area contributed by atoms with Gasteiger partial charge in [-0.15, -0.1) is 0 Å². The predicted molar refractivity (Wildman–Crippen MR) is 59.2 cm³/mol. The van der Waals surface area contributed by atoms with Crippen LogP contribution in [0.25, 0.3) is 0 Å². The lowest BCUT2D eigenvalue weighted by Crippen LogP contribution is -2.08. The summed E-state index contributed by atoms with van der Waals surface area (Å²) >= 11 is 0. The van der Waals surface area contributed by atoms with Crippen LogP contribution in [0.3, 0.4) is 0 Å². The lowest BCUT2D eigenvalue weighted by Gasteiger charge is -2.08. The average molecular weight is 243 g/mol. The van der Waals surface area contributed by atoms with Crippen molar-refractivity contribution in [2.75, 3.05) is 7.05 Å². The first-order valence-corrected chi connectivity index (χ1v) is 4.97. The van der Waals surface area contributed by atoms with Crippen LogP contribution in [0.4, 0.5) is 13.2 Å². The number of benzene rings is 1. The number of hydrogen-bond acceptors (Lipinski definition) is 2. The number of carbonyl (C=O) groups is 1. The fourth-order valence-electron chi connectivity index (χ4n) is 1.40. The molecule has 0 aliphatic rings. The highest BCUT2D eigenvalue weighted by atomic mass is 19.4. The van der Waals surface area contributed by atoms with E-state index in [4.69, 9.17) is 0 Å². The molecule has 2 nitrogen and oxygen atoms in total. The number of aliphatic imine (C=N–C) groups is 1. The van der Waals surface area contributed by atoms with E-state index in [-0.39, 0.29) is 12.2 Å². The molecule has 17 heavy (non-hydrogen) atoms. The lowest BCUT2D eigenvalue weighted by atomic mass is 10.0. The highest BCUT2D eigenvalue weighted by Crippen LogP contribution is 2.29. The number of carbonyl (C=O) groups excluding carboxylic acids is 1. The van der Waals surface area contributed by atoms with Gasteiger partial charge in [0.2, 0.25) is 0 Å². The first-order valence-electron chi connectivity index (χ1n) is 4.97. The van der Waals surface area contributed by atoms with Crippen molar-refractivity contribution in [3.8, 4) is 0 Å². The molecule has 0 fully saturated rings. The number of rotatable bonds is 3. The number of nitrogens with zero attached hydrogens (tertiary/aromatic N) is 1. The van der Waals surface area contributed by atoms with Crippen molar-refractivity contribution in [2.24, 2.45) is 4.99 Å². The molecule has 92 valence electrons. The third-order valence-corrected chi connectivity index (χ3v) is 2.23. The number of Topliss-reactive ketones (excluding diaryl/α,β-unsaturated/α-hetero) is 1. The zero-order chi connectivity index (χ0) is 13.1. The molecule has 0 aliphatic carbocycles. The summed E-state index contributed by atoms with van der Waals surface area (Å²) in [4.78, 5) is 14.9.